The lowest BCUT2D eigenvalue weighted by Gasteiger charge is -2.19. The fraction of sp³-hybridized carbons (Fsp3) is 0.357. The molecule has 100 valence electrons. The zero-order valence-electron chi connectivity index (χ0n) is 10.5. The summed E-state index contributed by atoms with van der Waals surface area (Å²) in [6.07, 6.45) is 6.86. The Labute approximate surface area is 113 Å². The molecule has 1 aliphatic carbocycles. The Morgan fingerprint density at radius 2 is 2.00 bits per heavy atom. The van der Waals surface area contributed by atoms with Crippen LogP contribution in [0.4, 0.5) is 0 Å². The summed E-state index contributed by atoms with van der Waals surface area (Å²) in [4.78, 5) is 0.253. The highest BCUT2D eigenvalue weighted by Crippen LogP contribution is 2.16. The lowest BCUT2D eigenvalue weighted by Crippen LogP contribution is -2.35. The predicted octanol–water partition coefficient (Wildman–Crippen LogP) is 2.14. The predicted molar refractivity (Wildman–Crippen MR) is 72.9 cm³/mol. The van der Waals surface area contributed by atoms with Gasteiger partial charge in [0.25, 0.3) is 0 Å². The number of benzene rings is 1. The number of hydrogen-bond donors (Lipinski definition) is 1. The summed E-state index contributed by atoms with van der Waals surface area (Å²) < 4.78 is 27.1. The largest absolute Gasteiger partial charge is 0.240 e. The van der Waals surface area contributed by atoms with E-state index in [0.717, 1.165) is 24.8 Å². The monoisotopic (exact) mass is 276 g/mol. The average molecular weight is 276 g/mol. The maximum Gasteiger partial charge on any atom is 0.240 e. The number of nitrogens with zero attached hydrogens (tertiary/aromatic N) is 1. The molecule has 19 heavy (non-hydrogen) atoms. The SMILES string of the molecule is N#CCc1ccc(S(=O)(=O)NC2CC=CCC2)cc1. The van der Waals surface area contributed by atoms with Gasteiger partial charge in [-0.25, -0.2) is 13.1 Å². The van der Waals surface area contributed by atoms with Crippen molar-refractivity contribution >= 4 is 10.0 Å². The molecule has 1 aromatic carbocycles. The van der Waals surface area contributed by atoms with Crippen molar-refractivity contribution in [3.05, 3.63) is 42.0 Å². The molecule has 5 heteroatoms. The average Bonchev–Trinajstić information content (AvgIpc) is 2.40. The van der Waals surface area contributed by atoms with Gasteiger partial charge >= 0.3 is 0 Å². The van der Waals surface area contributed by atoms with E-state index in [1.807, 2.05) is 12.1 Å². The molecule has 0 bridgehead atoms. The molecular formula is C14H16N2O2S. The summed E-state index contributed by atoms with van der Waals surface area (Å²) in [5.74, 6) is 0. The van der Waals surface area contributed by atoms with E-state index >= 15 is 0 Å². The van der Waals surface area contributed by atoms with Crippen LogP contribution in [0, 0.1) is 11.3 Å². The van der Waals surface area contributed by atoms with Gasteiger partial charge in [-0.2, -0.15) is 5.26 Å². The van der Waals surface area contributed by atoms with Crippen LogP contribution < -0.4 is 4.72 Å². The van der Waals surface area contributed by atoms with E-state index in [9.17, 15) is 8.42 Å². The highest BCUT2D eigenvalue weighted by atomic mass is 32.2. The third kappa shape index (κ3) is 3.66. The van der Waals surface area contributed by atoms with Gasteiger partial charge in [0.05, 0.1) is 17.4 Å². The van der Waals surface area contributed by atoms with Gasteiger partial charge in [0.15, 0.2) is 0 Å². The Bertz CT molecular complexity index is 597. The summed E-state index contributed by atoms with van der Waals surface area (Å²) in [6.45, 7) is 0. The smallest absolute Gasteiger partial charge is 0.208 e. The third-order valence-corrected chi connectivity index (χ3v) is 4.64. The van der Waals surface area contributed by atoms with Crippen molar-refractivity contribution in [1.82, 2.24) is 4.72 Å². The van der Waals surface area contributed by atoms with Crippen molar-refractivity contribution in [2.45, 2.75) is 36.6 Å². The molecule has 0 saturated carbocycles. The quantitative estimate of drug-likeness (QED) is 0.856. The summed E-state index contributed by atoms with van der Waals surface area (Å²) in [6, 6.07) is 8.47. The number of hydrogen-bond acceptors (Lipinski definition) is 3. The molecule has 0 amide bonds. The molecular weight excluding hydrogens is 260 g/mol. The van der Waals surface area contributed by atoms with E-state index in [-0.39, 0.29) is 10.9 Å². The third-order valence-electron chi connectivity index (χ3n) is 3.11. The minimum absolute atomic E-state index is 0.0196. The molecule has 1 aromatic rings. The zero-order valence-corrected chi connectivity index (χ0v) is 11.4. The van der Waals surface area contributed by atoms with Crippen LogP contribution in [0.15, 0.2) is 41.3 Å². The maximum absolute atomic E-state index is 12.2. The molecule has 0 radical (unpaired) electrons. The van der Waals surface area contributed by atoms with E-state index in [2.05, 4.69) is 10.8 Å². The first-order chi connectivity index (χ1) is 9.12. The molecule has 0 aromatic heterocycles. The van der Waals surface area contributed by atoms with Crippen LogP contribution in [0.1, 0.15) is 24.8 Å². The number of rotatable bonds is 4. The number of allylic oxidation sites excluding steroid dienone is 1. The zero-order chi connectivity index (χ0) is 13.7. The summed E-state index contributed by atoms with van der Waals surface area (Å²) in [7, 11) is -3.46. The van der Waals surface area contributed by atoms with Crippen LogP contribution in [0.2, 0.25) is 0 Å². The van der Waals surface area contributed by atoms with E-state index in [4.69, 9.17) is 5.26 Å². The first-order valence-corrected chi connectivity index (χ1v) is 7.73. The van der Waals surface area contributed by atoms with Crippen LogP contribution in [0.5, 0.6) is 0 Å². The van der Waals surface area contributed by atoms with Crippen molar-refractivity contribution < 1.29 is 8.42 Å². The van der Waals surface area contributed by atoms with E-state index in [0.29, 0.717) is 6.42 Å². The van der Waals surface area contributed by atoms with Crippen LogP contribution in [0.25, 0.3) is 0 Å². The lowest BCUT2D eigenvalue weighted by molar-refractivity contribution is 0.522. The molecule has 1 N–H and O–H groups in total. The van der Waals surface area contributed by atoms with Gasteiger partial charge in [0.2, 0.25) is 10.0 Å². The topological polar surface area (TPSA) is 70.0 Å². The van der Waals surface area contributed by atoms with Crippen LogP contribution in [-0.2, 0) is 16.4 Å². The van der Waals surface area contributed by atoms with Crippen LogP contribution >= 0.6 is 0 Å². The van der Waals surface area contributed by atoms with Crippen molar-refractivity contribution in [1.29, 1.82) is 5.26 Å². The normalized spacial score (nSPS) is 19.0. The molecule has 0 heterocycles. The number of sulfonamides is 1. The summed E-state index contributed by atoms with van der Waals surface area (Å²) in [5.41, 5.74) is 0.821. The molecule has 1 atom stereocenters. The first kappa shape index (κ1) is 13.8. The molecule has 1 unspecified atom stereocenters. The molecule has 0 saturated heterocycles. The summed E-state index contributed by atoms with van der Waals surface area (Å²) >= 11 is 0. The van der Waals surface area contributed by atoms with Gasteiger partial charge in [-0.3, -0.25) is 0 Å². The molecule has 0 spiro atoms. The second-order valence-corrected chi connectivity index (χ2v) is 6.30. The molecule has 1 aliphatic rings. The van der Waals surface area contributed by atoms with Gasteiger partial charge in [0.1, 0.15) is 0 Å². The van der Waals surface area contributed by atoms with Crippen molar-refractivity contribution in [3.8, 4) is 6.07 Å². The second-order valence-electron chi connectivity index (χ2n) is 4.58. The maximum atomic E-state index is 12.2. The molecule has 0 fully saturated rings. The van der Waals surface area contributed by atoms with Crippen molar-refractivity contribution in [2.24, 2.45) is 0 Å². The Hall–Kier alpha value is -1.64. The van der Waals surface area contributed by atoms with Gasteiger partial charge in [-0.15, -0.1) is 0 Å². The minimum Gasteiger partial charge on any atom is -0.208 e. The summed E-state index contributed by atoms with van der Waals surface area (Å²) in [5, 5.41) is 8.58. The van der Waals surface area contributed by atoms with Crippen LogP contribution in [-0.4, -0.2) is 14.5 Å². The lowest BCUT2D eigenvalue weighted by atomic mass is 10.0. The Morgan fingerprint density at radius 1 is 1.26 bits per heavy atom. The Morgan fingerprint density at radius 3 is 2.58 bits per heavy atom. The Kier molecular flexibility index (Phi) is 4.35. The second kappa shape index (κ2) is 6.00. The van der Waals surface area contributed by atoms with Crippen molar-refractivity contribution in [2.75, 3.05) is 0 Å². The fourth-order valence-corrected chi connectivity index (χ4v) is 3.35. The van der Waals surface area contributed by atoms with E-state index in [1.54, 1.807) is 24.3 Å². The molecule has 4 nitrogen and oxygen atoms in total. The van der Waals surface area contributed by atoms with Gasteiger partial charge in [-0.1, -0.05) is 24.3 Å². The fourth-order valence-electron chi connectivity index (χ4n) is 2.07. The van der Waals surface area contributed by atoms with Gasteiger partial charge in [0, 0.05) is 6.04 Å². The molecule has 2 rings (SSSR count). The van der Waals surface area contributed by atoms with Gasteiger partial charge < -0.3 is 0 Å². The van der Waals surface area contributed by atoms with E-state index in [1.165, 1.54) is 0 Å². The standard InChI is InChI=1S/C14H16N2O2S/c15-11-10-12-6-8-14(9-7-12)19(17,18)16-13-4-2-1-3-5-13/h1-2,6-9,13,16H,3-5,10H2. The van der Waals surface area contributed by atoms with E-state index < -0.39 is 10.0 Å². The van der Waals surface area contributed by atoms with Crippen molar-refractivity contribution in [3.63, 3.8) is 0 Å². The number of nitrogens with one attached hydrogen (secondary N) is 1. The van der Waals surface area contributed by atoms with Crippen LogP contribution in [0.3, 0.4) is 0 Å². The highest BCUT2D eigenvalue weighted by Gasteiger charge is 2.20. The van der Waals surface area contributed by atoms with Gasteiger partial charge in [-0.05, 0) is 37.0 Å². The number of nitriles is 1. The first-order valence-electron chi connectivity index (χ1n) is 6.25. The minimum atomic E-state index is -3.46. The highest BCUT2D eigenvalue weighted by molar-refractivity contribution is 7.89. The Balaban J connectivity index is 2.10. The molecule has 0 aliphatic heterocycles.